The molecule has 0 aromatic rings. The molecule has 2 aliphatic rings. The van der Waals surface area contributed by atoms with Gasteiger partial charge in [-0.05, 0) is 59.2 Å². The van der Waals surface area contributed by atoms with Gasteiger partial charge in [-0.3, -0.25) is 14.8 Å². The summed E-state index contributed by atoms with van der Waals surface area (Å²) in [6.07, 6.45) is 6.72. The first-order chi connectivity index (χ1) is 11.2. The second-order valence-corrected chi connectivity index (χ2v) is 6.95. The Balaban J connectivity index is 0.00000288. The van der Waals surface area contributed by atoms with Crippen molar-refractivity contribution in [1.82, 2.24) is 20.4 Å². The van der Waals surface area contributed by atoms with Crippen LogP contribution in [0.4, 0.5) is 0 Å². The highest BCUT2D eigenvalue weighted by molar-refractivity contribution is 14.0. The summed E-state index contributed by atoms with van der Waals surface area (Å²) in [5, 5.41) is 6.91. The van der Waals surface area contributed by atoms with Gasteiger partial charge in [-0.15, -0.1) is 24.0 Å². The number of aliphatic imine (C=N–C) groups is 1. The van der Waals surface area contributed by atoms with Crippen molar-refractivity contribution in [2.75, 3.05) is 45.8 Å². The molecule has 0 radical (unpaired) electrons. The standard InChI is InChI=1S/C18H37N5.HI/c1-4-19-18(21-15-17-10-8-13-22(17)5-2)20-11-14-23-12-7-6-9-16(23)3;/h16-17H,4-15H2,1-3H3,(H2,19,20,21);1H. The van der Waals surface area contributed by atoms with Gasteiger partial charge in [0.15, 0.2) is 5.96 Å². The molecule has 0 aromatic heterocycles. The Morgan fingerprint density at radius 2 is 1.83 bits per heavy atom. The first-order valence-corrected chi connectivity index (χ1v) is 9.74. The van der Waals surface area contributed by atoms with E-state index in [0.29, 0.717) is 6.04 Å². The average molecular weight is 451 g/mol. The normalized spacial score (nSPS) is 26.2. The molecule has 2 rings (SSSR count). The summed E-state index contributed by atoms with van der Waals surface area (Å²) in [6.45, 7) is 14.3. The lowest BCUT2D eigenvalue weighted by atomic mass is 10.0. The fourth-order valence-corrected chi connectivity index (χ4v) is 3.86. The summed E-state index contributed by atoms with van der Waals surface area (Å²) in [7, 11) is 0. The Morgan fingerprint density at radius 3 is 2.54 bits per heavy atom. The predicted octanol–water partition coefficient (Wildman–Crippen LogP) is 2.52. The molecule has 0 aliphatic carbocycles. The van der Waals surface area contributed by atoms with Gasteiger partial charge >= 0.3 is 0 Å². The summed E-state index contributed by atoms with van der Waals surface area (Å²) in [5.74, 6) is 0.986. The molecule has 0 aromatic carbocycles. The van der Waals surface area contributed by atoms with Crippen LogP contribution in [0.5, 0.6) is 0 Å². The van der Waals surface area contributed by atoms with Crippen LogP contribution in [-0.2, 0) is 0 Å². The van der Waals surface area contributed by atoms with Crippen molar-refractivity contribution >= 4 is 29.9 Å². The molecule has 2 aliphatic heterocycles. The summed E-state index contributed by atoms with van der Waals surface area (Å²) < 4.78 is 0. The minimum Gasteiger partial charge on any atom is -0.357 e. The van der Waals surface area contributed by atoms with Crippen LogP contribution in [0.1, 0.15) is 52.9 Å². The van der Waals surface area contributed by atoms with Crippen LogP contribution in [0.3, 0.4) is 0 Å². The first kappa shape index (κ1) is 22.0. The number of likely N-dealkylation sites (N-methyl/N-ethyl adjacent to an activating group) is 1. The van der Waals surface area contributed by atoms with Gasteiger partial charge in [0.1, 0.15) is 0 Å². The molecule has 24 heavy (non-hydrogen) atoms. The molecule has 5 nitrogen and oxygen atoms in total. The van der Waals surface area contributed by atoms with Crippen molar-refractivity contribution in [3.05, 3.63) is 0 Å². The molecule has 0 spiro atoms. The third kappa shape index (κ3) is 7.04. The number of nitrogens with zero attached hydrogens (tertiary/aromatic N) is 3. The molecule has 0 bridgehead atoms. The Bertz CT molecular complexity index is 363. The van der Waals surface area contributed by atoms with Crippen LogP contribution in [0.25, 0.3) is 0 Å². The highest BCUT2D eigenvalue weighted by Crippen LogP contribution is 2.17. The van der Waals surface area contributed by atoms with Crippen molar-refractivity contribution < 1.29 is 0 Å². The molecule has 142 valence electrons. The molecule has 2 unspecified atom stereocenters. The number of nitrogens with one attached hydrogen (secondary N) is 2. The first-order valence-electron chi connectivity index (χ1n) is 9.74. The zero-order chi connectivity index (χ0) is 16.5. The lowest BCUT2D eigenvalue weighted by molar-refractivity contribution is 0.163. The molecule has 2 fully saturated rings. The molecule has 2 atom stereocenters. The van der Waals surface area contributed by atoms with E-state index in [2.05, 4.69) is 41.2 Å². The van der Waals surface area contributed by atoms with Gasteiger partial charge in [-0.1, -0.05) is 13.3 Å². The van der Waals surface area contributed by atoms with Crippen molar-refractivity contribution in [2.45, 2.75) is 65.0 Å². The van der Waals surface area contributed by atoms with E-state index in [1.165, 1.54) is 45.2 Å². The van der Waals surface area contributed by atoms with Gasteiger partial charge in [0.05, 0.1) is 6.54 Å². The Hall–Kier alpha value is -0.0800. The number of hydrogen-bond acceptors (Lipinski definition) is 3. The van der Waals surface area contributed by atoms with Crippen molar-refractivity contribution in [3.63, 3.8) is 0 Å². The van der Waals surface area contributed by atoms with E-state index in [-0.39, 0.29) is 24.0 Å². The smallest absolute Gasteiger partial charge is 0.191 e. The number of guanidine groups is 1. The Kier molecular flexibility index (Phi) is 11.3. The molecule has 2 saturated heterocycles. The average Bonchev–Trinajstić information content (AvgIpc) is 3.02. The maximum atomic E-state index is 4.83. The summed E-state index contributed by atoms with van der Waals surface area (Å²) in [4.78, 5) is 9.99. The minimum atomic E-state index is 0. The number of likely N-dealkylation sites (tertiary alicyclic amines) is 2. The van der Waals surface area contributed by atoms with E-state index in [0.717, 1.165) is 44.7 Å². The van der Waals surface area contributed by atoms with E-state index < -0.39 is 0 Å². The number of piperidine rings is 1. The van der Waals surface area contributed by atoms with Gasteiger partial charge < -0.3 is 10.6 Å². The second kappa shape index (κ2) is 12.3. The van der Waals surface area contributed by atoms with Crippen molar-refractivity contribution in [1.29, 1.82) is 0 Å². The van der Waals surface area contributed by atoms with E-state index >= 15 is 0 Å². The van der Waals surface area contributed by atoms with Crippen LogP contribution >= 0.6 is 24.0 Å². The molecule has 2 heterocycles. The minimum absolute atomic E-state index is 0. The quantitative estimate of drug-likeness (QED) is 0.355. The van der Waals surface area contributed by atoms with Gasteiger partial charge in [-0.2, -0.15) is 0 Å². The lowest BCUT2D eigenvalue weighted by Gasteiger charge is -2.33. The van der Waals surface area contributed by atoms with Gasteiger partial charge in [0.2, 0.25) is 0 Å². The van der Waals surface area contributed by atoms with Crippen LogP contribution in [0.15, 0.2) is 4.99 Å². The molecule has 6 heteroatoms. The third-order valence-corrected chi connectivity index (χ3v) is 5.34. The highest BCUT2D eigenvalue weighted by Gasteiger charge is 2.22. The summed E-state index contributed by atoms with van der Waals surface area (Å²) in [5.41, 5.74) is 0. The third-order valence-electron chi connectivity index (χ3n) is 5.34. The zero-order valence-electron chi connectivity index (χ0n) is 15.9. The number of rotatable bonds is 7. The van der Waals surface area contributed by atoms with Crippen LogP contribution in [0, 0.1) is 0 Å². The molecule has 0 amide bonds. The van der Waals surface area contributed by atoms with E-state index in [4.69, 9.17) is 4.99 Å². The van der Waals surface area contributed by atoms with E-state index in [1.54, 1.807) is 0 Å². The largest absolute Gasteiger partial charge is 0.357 e. The predicted molar refractivity (Wildman–Crippen MR) is 115 cm³/mol. The van der Waals surface area contributed by atoms with Crippen molar-refractivity contribution in [3.8, 4) is 0 Å². The van der Waals surface area contributed by atoms with Crippen molar-refractivity contribution in [2.24, 2.45) is 4.99 Å². The molecule has 2 N–H and O–H groups in total. The number of halogens is 1. The molecular formula is C18H38IN5. The molecular weight excluding hydrogens is 413 g/mol. The topological polar surface area (TPSA) is 42.9 Å². The highest BCUT2D eigenvalue weighted by atomic mass is 127. The Labute approximate surface area is 166 Å². The lowest BCUT2D eigenvalue weighted by Crippen LogP contribution is -2.45. The number of hydrogen-bond donors (Lipinski definition) is 2. The van der Waals surface area contributed by atoms with Gasteiger partial charge in [0, 0.05) is 31.7 Å². The van der Waals surface area contributed by atoms with Gasteiger partial charge in [-0.25, -0.2) is 0 Å². The second-order valence-electron chi connectivity index (χ2n) is 6.95. The monoisotopic (exact) mass is 451 g/mol. The summed E-state index contributed by atoms with van der Waals surface area (Å²) >= 11 is 0. The summed E-state index contributed by atoms with van der Waals surface area (Å²) in [6, 6.07) is 1.37. The van der Waals surface area contributed by atoms with Crippen LogP contribution in [-0.4, -0.2) is 73.7 Å². The zero-order valence-corrected chi connectivity index (χ0v) is 18.2. The van der Waals surface area contributed by atoms with Crippen LogP contribution < -0.4 is 10.6 Å². The van der Waals surface area contributed by atoms with Crippen LogP contribution in [0.2, 0.25) is 0 Å². The maximum absolute atomic E-state index is 4.83. The Morgan fingerprint density at radius 1 is 1.04 bits per heavy atom. The SMILES string of the molecule is CCNC(=NCC1CCCN1CC)NCCN1CCCCC1C.I. The van der Waals surface area contributed by atoms with E-state index in [9.17, 15) is 0 Å². The fourth-order valence-electron chi connectivity index (χ4n) is 3.86. The molecule has 0 saturated carbocycles. The maximum Gasteiger partial charge on any atom is 0.191 e. The van der Waals surface area contributed by atoms with Gasteiger partial charge in [0.25, 0.3) is 0 Å². The fraction of sp³-hybridized carbons (Fsp3) is 0.944. The van der Waals surface area contributed by atoms with E-state index in [1.807, 2.05) is 0 Å².